The molecule has 1 aromatic rings. The van der Waals surface area contributed by atoms with E-state index in [2.05, 4.69) is 29.8 Å². The monoisotopic (exact) mass is 265 g/mol. The van der Waals surface area contributed by atoms with Gasteiger partial charge in [0, 0.05) is 16.3 Å². The van der Waals surface area contributed by atoms with Crippen molar-refractivity contribution < 1.29 is 4.74 Å². The average Bonchev–Trinajstić information content (AvgIpc) is 3.03. The van der Waals surface area contributed by atoms with Crippen molar-refractivity contribution in [1.82, 2.24) is 5.32 Å². The maximum atomic E-state index is 6.21. The van der Waals surface area contributed by atoms with Crippen molar-refractivity contribution in [3.05, 3.63) is 22.4 Å². The second-order valence-corrected chi connectivity index (χ2v) is 6.70. The molecule has 0 radical (unpaired) electrons. The van der Waals surface area contributed by atoms with Crippen LogP contribution < -0.4 is 5.32 Å². The minimum absolute atomic E-state index is 0.466. The molecule has 0 saturated heterocycles. The van der Waals surface area contributed by atoms with E-state index in [4.69, 9.17) is 4.74 Å². The van der Waals surface area contributed by atoms with Gasteiger partial charge in [-0.1, -0.05) is 25.8 Å². The molecular weight excluding hydrogens is 242 g/mol. The molecule has 100 valence electrons. The van der Waals surface area contributed by atoms with Crippen molar-refractivity contribution in [1.29, 1.82) is 0 Å². The summed E-state index contributed by atoms with van der Waals surface area (Å²) < 4.78 is 6.21. The summed E-state index contributed by atoms with van der Waals surface area (Å²) in [6, 6.07) is 4.99. The van der Waals surface area contributed by atoms with Crippen LogP contribution in [0.2, 0.25) is 0 Å². The van der Waals surface area contributed by atoms with Gasteiger partial charge in [-0.05, 0) is 37.3 Å². The van der Waals surface area contributed by atoms with Gasteiger partial charge >= 0.3 is 0 Å². The van der Waals surface area contributed by atoms with Gasteiger partial charge in [0.05, 0.1) is 12.7 Å². The molecule has 1 spiro atoms. The maximum Gasteiger partial charge on any atom is 0.0813 e. The molecule has 1 N–H and O–H groups in total. The molecular formula is C15H23NOS. The minimum Gasteiger partial charge on any atom is -0.372 e. The molecule has 1 heterocycles. The smallest absolute Gasteiger partial charge is 0.0813 e. The van der Waals surface area contributed by atoms with Crippen LogP contribution in [0.15, 0.2) is 17.5 Å². The Morgan fingerprint density at radius 2 is 2.28 bits per heavy atom. The normalized spacial score (nSPS) is 29.6. The summed E-state index contributed by atoms with van der Waals surface area (Å²) in [5, 5.41) is 5.79. The van der Waals surface area contributed by atoms with Gasteiger partial charge in [0.1, 0.15) is 0 Å². The van der Waals surface area contributed by atoms with Crippen LogP contribution in [-0.2, 0) is 11.3 Å². The molecule has 0 bridgehead atoms. The third-order valence-corrected chi connectivity index (χ3v) is 5.63. The molecule has 3 heteroatoms. The summed E-state index contributed by atoms with van der Waals surface area (Å²) in [5.41, 5.74) is 0.466. The third-order valence-electron chi connectivity index (χ3n) is 4.78. The van der Waals surface area contributed by atoms with E-state index in [1.54, 1.807) is 11.3 Å². The maximum absolute atomic E-state index is 6.21. The SMILES string of the molecule is CCNC1CC(OCc2cccs2)C12CCCC2. The predicted octanol–water partition coefficient (Wildman–Crippen LogP) is 3.58. The zero-order chi connectivity index (χ0) is 12.4. The van der Waals surface area contributed by atoms with E-state index in [0.717, 1.165) is 13.2 Å². The summed E-state index contributed by atoms with van der Waals surface area (Å²) >= 11 is 1.80. The van der Waals surface area contributed by atoms with E-state index in [1.807, 2.05) is 0 Å². The first-order valence-corrected chi connectivity index (χ1v) is 8.10. The van der Waals surface area contributed by atoms with E-state index in [1.165, 1.54) is 37.0 Å². The van der Waals surface area contributed by atoms with Gasteiger partial charge in [-0.15, -0.1) is 11.3 Å². The number of ether oxygens (including phenoxy) is 1. The second-order valence-electron chi connectivity index (χ2n) is 5.67. The molecule has 2 unspecified atom stereocenters. The second kappa shape index (κ2) is 5.32. The van der Waals surface area contributed by atoms with Gasteiger partial charge in [0.15, 0.2) is 0 Å². The largest absolute Gasteiger partial charge is 0.372 e. The summed E-state index contributed by atoms with van der Waals surface area (Å²) in [7, 11) is 0. The van der Waals surface area contributed by atoms with Crippen LogP contribution in [0.4, 0.5) is 0 Å². The van der Waals surface area contributed by atoms with Gasteiger partial charge in [-0.2, -0.15) is 0 Å². The summed E-state index contributed by atoms with van der Waals surface area (Å²) in [6.07, 6.45) is 7.20. The van der Waals surface area contributed by atoms with E-state index < -0.39 is 0 Å². The fraction of sp³-hybridized carbons (Fsp3) is 0.733. The van der Waals surface area contributed by atoms with Crippen molar-refractivity contribution in [2.45, 2.75) is 57.8 Å². The molecule has 2 aliphatic carbocycles. The first-order chi connectivity index (χ1) is 8.85. The predicted molar refractivity (Wildman–Crippen MR) is 75.9 cm³/mol. The third kappa shape index (κ3) is 2.13. The van der Waals surface area contributed by atoms with Crippen molar-refractivity contribution in [2.75, 3.05) is 6.54 Å². The highest BCUT2D eigenvalue weighted by Gasteiger charge is 2.56. The summed E-state index contributed by atoms with van der Waals surface area (Å²) in [4.78, 5) is 1.36. The minimum atomic E-state index is 0.466. The Kier molecular flexibility index (Phi) is 3.73. The van der Waals surface area contributed by atoms with Crippen LogP contribution in [0.25, 0.3) is 0 Å². The van der Waals surface area contributed by atoms with Gasteiger partial charge < -0.3 is 10.1 Å². The molecule has 2 saturated carbocycles. The molecule has 1 aromatic heterocycles. The lowest BCUT2D eigenvalue weighted by Gasteiger charge is -2.54. The Morgan fingerprint density at radius 1 is 1.44 bits per heavy atom. The fourth-order valence-electron chi connectivity index (χ4n) is 3.80. The molecule has 2 aliphatic rings. The standard InChI is InChI=1S/C15H23NOS/c1-2-16-13-10-14(15(13)7-3-4-8-15)17-11-12-6-5-9-18-12/h5-6,9,13-14,16H,2-4,7-8,10-11H2,1H3. The molecule has 18 heavy (non-hydrogen) atoms. The molecule has 0 amide bonds. The van der Waals surface area contributed by atoms with E-state index in [9.17, 15) is 0 Å². The quantitative estimate of drug-likeness (QED) is 0.878. The first-order valence-electron chi connectivity index (χ1n) is 7.22. The highest BCUT2D eigenvalue weighted by Crippen LogP contribution is 2.54. The Bertz CT molecular complexity index is 370. The molecule has 3 rings (SSSR count). The van der Waals surface area contributed by atoms with Gasteiger partial charge in [-0.25, -0.2) is 0 Å². The van der Waals surface area contributed by atoms with Gasteiger partial charge in [-0.3, -0.25) is 0 Å². The van der Waals surface area contributed by atoms with Gasteiger partial charge in [0.25, 0.3) is 0 Å². The van der Waals surface area contributed by atoms with Crippen molar-refractivity contribution in [3.63, 3.8) is 0 Å². The lowest BCUT2D eigenvalue weighted by molar-refractivity contribution is -0.139. The van der Waals surface area contributed by atoms with Crippen molar-refractivity contribution >= 4 is 11.3 Å². The first kappa shape index (κ1) is 12.6. The number of thiophene rings is 1. The van der Waals surface area contributed by atoms with Crippen LogP contribution in [0.1, 0.15) is 43.9 Å². The molecule has 2 nitrogen and oxygen atoms in total. The van der Waals surface area contributed by atoms with Gasteiger partial charge in [0.2, 0.25) is 0 Å². The van der Waals surface area contributed by atoms with Crippen LogP contribution in [0.5, 0.6) is 0 Å². The van der Waals surface area contributed by atoms with Crippen LogP contribution in [-0.4, -0.2) is 18.7 Å². The molecule has 0 aromatic carbocycles. The zero-order valence-corrected chi connectivity index (χ0v) is 12.0. The van der Waals surface area contributed by atoms with Crippen LogP contribution in [0, 0.1) is 5.41 Å². The number of hydrogen-bond donors (Lipinski definition) is 1. The van der Waals surface area contributed by atoms with Crippen LogP contribution >= 0.6 is 11.3 Å². The Morgan fingerprint density at radius 3 is 2.94 bits per heavy atom. The summed E-state index contributed by atoms with van der Waals surface area (Å²) in [5.74, 6) is 0. The van der Waals surface area contributed by atoms with Crippen molar-refractivity contribution in [2.24, 2.45) is 5.41 Å². The Balaban J connectivity index is 1.59. The topological polar surface area (TPSA) is 21.3 Å². The zero-order valence-electron chi connectivity index (χ0n) is 11.2. The average molecular weight is 265 g/mol. The van der Waals surface area contributed by atoms with Crippen LogP contribution in [0.3, 0.4) is 0 Å². The highest BCUT2D eigenvalue weighted by atomic mass is 32.1. The van der Waals surface area contributed by atoms with E-state index in [-0.39, 0.29) is 0 Å². The number of nitrogens with one attached hydrogen (secondary N) is 1. The number of rotatable bonds is 5. The van der Waals surface area contributed by atoms with E-state index >= 15 is 0 Å². The molecule has 0 aliphatic heterocycles. The number of hydrogen-bond acceptors (Lipinski definition) is 3. The van der Waals surface area contributed by atoms with E-state index in [0.29, 0.717) is 17.6 Å². The molecule has 2 fully saturated rings. The lowest BCUT2D eigenvalue weighted by atomic mass is 9.60. The summed E-state index contributed by atoms with van der Waals surface area (Å²) in [6.45, 7) is 4.11. The Hall–Kier alpha value is -0.380. The Labute approximate surface area is 114 Å². The molecule has 2 atom stereocenters. The van der Waals surface area contributed by atoms with Crippen molar-refractivity contribution in [3.8, 4) is 0 Å². The fourth-order valence-corrected chi connectivity index (χ4v) is 4.42. The highest BCUT2D eigenvalue weighted by molar-refractivity contribution is 7.09. The lowest BCUT2D eigenvalue weighted by Crippen LogP contribution is -2.62.